The molecule has 98 valence electrons. The number of carbonyl (C=O) groups is 1. The van der Waals surface area contributed by atoms with Crippen LogP contribution in [0.2, 0.25) is 5.02 Å². The van der Waals surface area contributed by atoms with Gasteiger partial charge in [-0.3, -0.25) is 0 Å². The lowest BCUT2D eigenvalue weighted by atomic mass is 9.94. The highest BCUT2D eigenvalue weighted by Gasteiger charge is 2.71. The Hall–Kier alpha value is -1.20. The molecule has 0 spiro atoms. The molecule has 1 fully saturated rings. The van der Waals surface area contributed by atoms with E-state index in [2.05, 4.69) is 4.74 Å². The normalized spacial score (nSPS) is 24.7. The van der Waals surface area contributed by atoms with E-state index in [0.29, 0.717) is 5.56 Å². The Morgan fingerprint density at radius 3 is 2.56 bits per heavy atom. The molecular weight excluding hydrogens is 264 g/mol. The van der Waals surface area contributed by atoms with Crippen LogP contribution in [-0.4, -0.2) is 25.5 Å². The Labute approximate surface area is 108 Å². The number of rotatable bonds is 3. The minimum absolute atomic E-state index is 0.0925. The largest absolute Gasteiger partial charge is 0.465 e. The van der Waals surface area contributed by atoms with Crippen molar-refractivity contribution >= 4 is 17.6 Å². The number of hydrogen-bond donors (Lipinski definition) is 1. The third-order valence-electron chi connectivity index (χ3n) is 3.37. The summed E-state index contributed by atoms with van der Waals surface area (Å²) in [6, 6.07) is 4.20. The van der Waals surface area contributed by atoms with Crippen LogP contribution in [0.5, 0.6) is 0 Å². The minimum atomic E-state index is -2.81. The average Bonchev–Trinajstić information content (AvgIpc) is 2.92. The second-order valence-electron chi connectivity index (χ2n) is 4.35. The van der Waals surface area contributed by atoms with Gasteiger partial charge in [-0.05, 0) is 17.7 Å². The summed E-state index contributed by atoms with van der Waals surface area (Å²) in [5, 5.41) is 0.0925. The van der Waals surface area contributed by atoms with Crippen LogP contribution in [0.3, 0.4) is 0 Å². The number of alkyl halides is 2. The number of benzene rings is 1. The quantitative estimate of drug-likeness (QED) is 0.862. The van der Waals surface area contributed by atoms with Crippen molar-refractivity contribution in [2.75, 3.05) is 13.7 Å². The number of carbonyl (C=O) groups excluding carboxylic acids is 1. The second kappa shape index (κ2) is 4.17. The van der Waals surface area contributed by atoms with E-state index in [-0.39, 0.29) is 23.6 Å². The lowest BCUT2D eigenvalue weighted by Crippen LogP contribution is -2.26. The smallest absolute Gasteiger partial charge is 0.339 e. The van der Waals surface area contributed by atoms with Gasteiger partial charge in [0.2, 0.25) is 0 Å². The molecule has 1 aromatic rings. The summed E-state index contributed by atoms with van der Waals surface area (Å²) in [5.74, 6) is -3.41. The van der Waals surface area contributed by atoms with Gasteiger partial charge in [-0.1, -0.05) is 17.7 Å². The Bertz CT molecular complexity index is 507. The zero-order valence-electron chi connectivity index (χ0n) is 9.67. The lowest BCUT2D eigenvalue weighted by Gasteiger charge is -2.15. The van der Waals surface area contributed by atoms with Crippen LogP contribution in [0, 0.1) is 0 Å². The number of halogens is 3. The van der Waals surface area contributed by atoms with Crippen LogP contribution in [0.15, 0.2) is 18.2 Å². The molecule has 1 aromatic carbocycles. The number of esters is 1. The van der Waals surface area contributed by atoms with Crippen molar-refractivity contribution < 1.29 is 18.3 Å². The van der Waals surface area contributed by atoms with Crippen LogP contribution < -0.4 is 5.73 Å². The summed E-state index contributed by atoms with van der Waals surface area (Å²) in [6.07, 6.45) is -0.287. The number of ether oxygens (including phenoxy) is 1. The maximum atomic E-state index is 13.4. The van der Waals surface area contributed by atoms with Crippen molar-refractivity contribution in [1.82, 2.24) is 0 Å². The predicted octanol–water partition coefficient (Wildman–Crippen LogP) is 2.36. The SMILES string of the molecule is COC(=O)c1ccc(C2(CN)CC2(F)F)cc1Cl. The summed E-state index contributed by atoms with van der Waals surface area (Å²) in [5.41, 5.74) is 4.60. The molecule has 0 bridgehead atoms. The fourth-order valence-corrected chi connectivity index (χ4v) is 2.33. The van der Waals surface area contributed by atoms with Gasteiger partial charge >= 0.3 is 5.97 Å². The van der Waals surface area contributed by atoms with Gasteiger partial charge in [-0.25, -0.2) is 13.6 Å². The first-order valence-corrected chi connectivity index (χ1v) is 5.72. The van der Waals surface area contributed by atoms with E-state index in [1.165, 1.54) is 25.3 Å². The Kier molecular flexibility index (Phi) is 3.07. The van der Waals surface area contributed by atoms with Crippen molar-refractivity contribution in [2.45, 2.75) is 17.8 Å². The summed E-state index contributed by atoms with van der Waals surface area (Å²) < 4.78 is 31.3. The highest BCUT2D eigenvalue weighted by molar-refractivity contribution is 6.33. The summed E-state index contributed by atoms with van der Waals surface area (Å²) >= 11 is 5.90. The molecule has 0 saturated heterocycles. The number of nitrogens with two attached hydrogens (primary N) is 1. The van der Waals surface area contributed by atoms with Crippen LogP contribution in [0.1, 0.15) is 22.3 Å². The topological polar surface area (TPSA) is 52.3 Å². The molecule has 1 aliphatic carbocycles. The zero-order valence-corrected chi connectivity index (χ0v) is 10.4. The van der Waals surface area contributed by atoms with E-state index in [0.717, 1.165) is 0 Å². The highest BCUT2D eigenvalue weighted by Crippen LogP contribution is 2.61. The third-order valence-corrected chi connectivity index (χ3v) is 3.69. The molecule has 0 amide bonds. The molecule has 1 atom stereocenters. The summed E-state index contributed by atoms with van der Waals surface area (Å²) in [6.45, 7) is -0.159. The van der Waals surface area contributed by atoms with Crippen LogP contribution in [0.4, 0.5) is 8.78 Å². The Morgan fingerprint density at radius 1 is 1.56 bits per heavy atom. The van der Waals surface area contributed by atoms with Gasteiger partial charge in [0, 0.05) is 13.0 Å². The van der Waals surface area contributed by atoms with Gasteiger partial charge in [-0.2, -0.15) is 0 Å². The molecule has 0 radical (unpaired) electrons. The van der Waals surface area contributed by atoms with E-state index in [1.807, 2.05) is 0 Å². The monoisotopic (exact) mass is 275 g/mol. The fraction of sp³-hybridized carbons (Fsp3) is 0.417. The molecule has 0 aliphatic heterocycles. The molecule has 3 nitrogen and oxygen atoms in total. The van der Waals surface area contributed by atoms with Gasteiger partial charge in [0.1, 0.15) is 0 Å². The molecule has 1 aliphatic rings. The first-order chi connectivity index (χ1) is 8.38. The van der Waals surface area contributed by atoms with Gasteiger partial charge in [0.25, 0.3) is 5.92 Å². The molecule has 0 heterocycles. The van der Waals surface area contributed by atoms with Crippen molar-refractivity contribution in [3.63, 3.8) is 0 Å². The van der Waals surface area contributed by atoms with E-state index in [4.69, 9.17) is 17.3 Å². The van der Waals surface area contributed by atoms with E-state index in [1.54, 1.807) is 0 Å². The fourth-order valence-electron chi connectivity index (χ4n) is 2.08. The Balaban J connectivity index is 2.39. The second-order valence-corrected chi connectivity index (χ2v) is 4.76. The third kappa shape index (κ3) is 1.78. The molecular formula is C12H12ClF2NO2. The molecule has 18 heavy (non-hydrogen) atoms. The van der Waals surface area contributed by atoms with Gasteiger partial charge in [0.15, 0.2) is 0 Å². The standard InChI is InChI=1S/C12H12ClF2NO2/c1-18-10(17)8-3-2-7(4-9(8)13)11(6-16)5-12(11,14)15/h2-4H,5-6,16H2,1H3. The summed E-state index contributed by atoms with van der Waals surface area (Å²) in [4.78, 5) is 11.3. The first kappa shape index (κ1) is 13.2. The maximum absolute atomic E-state index is 13.4. The molecule has 1 unspecified atom stereocenters. The first-order valence-electron chi connectivity index (χ1n) is 5.34. The van der Waals surface area contributed by atoms with E-state index in [9.17, 15) is 13.6 Å². The maximum Gasteiger partial charge on any atom is 0.339 e. The zero-order chi connectivity index (χ0) is 13.6. The molecule has 1 saturated carbocycles. The summed E-state index contributed by atoms with van der Waals surface area (Å²) in [7, 11) is 1.23. The van der Waals surface area contributed by atoms with E-state index < -0.39 is 17.3 Å². The van der Waals surface area contributed by atoms with Crippen molar-refractivity contribution in [3.05, 3.63) is 34.3 Å². The van der Waals surface area contributed by atoms with Crippen LogP contribution in [0.25, 0.3) is 0 Å². The van der Waals surface area contributed by atoms with E-state index >= 15 is 0 Å². The van der Waals surface area contributed by atoms with Crippen molar-refractivity contribution in [1.29, 1.82) is 0 Å². The van der Waals surface area contributed by atoms with Gasteiger partial charge in [0.05, 0.1) is 23.1 Å². The number of hydrogen-bond acceptors (Lipinski definition) is 3. The molecule has 0 aromatic heterocycles. The average molecular weight is 276 g/mol. The van der Waals surface area contributed by atoms with Gasteiger partial charge in [-0.15, -0.1) is 0 Å². The lowest BCUT2D eigenvalue weighted by molar-refractivity contribution is 0.0601. The van der Waals surface area contributed by atoms with Crippen LogP contribution >= 0.6 is 11.6 Å². The van der Waals surface area contributed by atoms with Crippen molar-refractivity contribution in [3.8, 4) is 0 Å². The predicted molar refractivity (Wildman–Crippen MR) is 63.1 cm³/mol. The minimum Gasteiger partial charge on any atom is -0.465 e. The van der Waals surface area contributed by atoms with Crippen LogP contribution in [-0.2, 0) is 10.2 Å². The van der Waals surface area contributed by atoms with Crippen molar-refractivity contribution in [2.24, 2.45) is 5.73 Å². The number of methoxy groups -OCH3 is 1. The highest BCUT2D eigenvalue weighted by atomic mass is 35.5. The molecule has 6 heteroatoms. The Morgan fingerprint density at radius 2 is 2.17 bits per heavy atom. The van der Waals surface area contributed by atoms with Gasteiger partial charge < -0.3 is 10.5 Å². The molecule has 2 rings (SSSR count). The molecule has 2 N–H and O–H groups in total.